The Bertz CT molecular complexity index is 1010. The van der Waals surface area contributed by atoms with E-state index in [2.05, 4.69) is 53.4 Å². The van der Waals surface area contributed by atoms with Crippen molar-refractivity contribution >= 4 is 10.1 Å². The molecule has 206 valence electrons. The molecule has 5 fully saturated rings. The first-order chi connectivity index (χ1) is 16.6. The van der Waals surface area contributed by atoms with Crippen LogP contribution in [0.1, 0.15) is 106 Å². The summed E-state index contributed by atoms with van der Waals surface area (Å²) in [6.07, 6.45) is 13.6. The molecule has 1 N–H and O–H groups in total. The van der Waals surface area contributed by atoms with Gasteiger partial charge < -0.3 is 5.32 Å². The molecular formula is C31H53NO3S. The molecule has 5 aliphatic rings. The Hall–Kier alpha value is -0.390. The number of fused-ring (bicyclic) bond motifs is 7. The van der Waals surface area contributed by atoms with Crippen molar-refractivity contribution in [3.05, 3.63) is 12.2 Å². The fourth-order valence-electron chi connectivity index (χ4n) is 11.7. The largest absolute Gasteiger partial charge is 0.311 e. The first kappa shape index (κ1) is 27.2. The molecule has 4 nitrogen and oxygen atoms in total. The van der Waals surface area contributed by atoms with E-state index in [1.165, 1.54) is 56.8 Å². The van der Waals surface area contributed by atoms with E-state index < -0.39 is 10.1 Å². The number of hydrogen-bond donors (Lipinski definition) is 1. The van der Waals surface area contributed by atoms with Gasteiger partial charge in [-0.2, -0.15) is 8.42 Å². The maximum Gasteiger partial charge on any atom is 0.264 e. The normalized spacial score (nSPS) is 50.2. The van der Waals surface area contributed by atoms with E-state index in [-0.39, 0.29) is 16.4 Å². The molecule has 0 aromatic heterocycles. The van der Waals surface area contributed by atoms with Gasteiger partial charge in [0, 0.05) is 5.54 Å². The molecule has 1 saturated heterocycles. The average Bonchev–Trinajstić information content (AvgIpc) is 3.10. The topological polar surface area (TPSA) is 55.4 Å². The van der Waals surface area contributed by atoms with Gasteiger partial charge in [-0.25, -0.2) is 0 Å². The van der Waals surface area contributed by atoms with Gasteiger partial charge in [0.2, 0.25) is 0 Å². The van der Waals surface area contributed by atoms with Crippen molar-refractivity contribution in [3.8, 4) is 0 Å². The van der Waals surface area contributed by atoms with Crippen molar-refractivity contribution in [1.29, 1.82) is 0 Å². The van der Waals surface area contributed by atoms with Crippen molar-refractivity contribution in [3.63, 3.8) is 0 Å². The summed E-state index contributed by atoms with van der Waals surface area (Å²) in [7, 11) is -3.45. The van der Waals surface area contributed by atoms with Crippen LogP contribution in [0.3, 0.4) is 0 Å². The van der Waals surface area contributed by atoms with E-state index in [0.717, 1.165) is 37.6 Å². The van der Waals surface area contributed by atoms with Gasteiger partial charge in [-0.3, -0.25) is 4.18 Å². The summed E-state index contributed by atoms with van der Waals surface area (Å²) in [5.41, 5.74) is 2.47. The first-order valence-corrected chi connectivity index (χ1v) is 16.7. The van der Waals surface area contributed by atoms with E-state index in [0.29, 0.717) is 35.2 Å². The van der Waals surface area contributed by atoms with E-state index >= 15 is 0 Å². The van der Waals surface area contributed by atoms with Gasteiger partial charge in [-0.15, -0.1) is 0 Å². The van der Waals surface area contributed by atoms with E-state index in [9.17, 15) is 8.42 Å². The Morgan fingerprint density at radius 1 is 0.917 bits per heavy atom. The van der Waals surface area contributed by atoms with Gasteiger partial charge in [-0.1, -0.05) is 32.9 Å². The van der Waals surface area contributed by atoms with Crippen LogP contribution in [0, 0.1) is 51.2 Å². The van der Waals surface area contributed by atoms with Gasteiger partial charge >= 0.3 is 0 Å². The zero-order valence-electron chi connectivity index (χ0n) is 24.2. The summed E-state index contributed by atoms with van der Waals surface area (Å²) in [6, 6.07) is 0. The average molecular weight is 520 g/mol. The van der Waals surface area contributed by atoms with Crippen LogP contribution in [0.4, 0.5) is 0 Å². The zero-order valence-corrected chi connectivity index (χ0v) is 25.0. The first-order valence-electron chi connectivity index (χ1n) is 14.8. The molecule has 0 aromatic carbocycles. The predicted molar refractivity (Wildman–Crippen MR) is 148 cm³/mol. The monoisotopic (exact) mass is 519 g/mol. The zero-order chi connectivity index (χ0) is 26.4. The molecular weight excluding hydrogens is 466 g/mol. The fraction of sp³-hybridized carbons (Fsp3) is 0.935. The van der Waals surface area contributed by atoms with Crippen LogP contribution < -0.4 is 5.32 Å². The number of nitrogens with one attached hydrogen (secondary N) is 1. The molecule has 4 aliphatic carbocycles. The SMILES string of the molecule is C=C(C)[C@@H]1CC[C@]2(COS(C)(=O)=O)CC[C@]3(C)[C@H](CC[C@@H]4[C@@]5(C)CCCNC(C)(C)[C@@H]5CC[C@]43C)[C@@H]12. The summed E-state index contributed by atoms with van der Waals surface area (Å²) < 4.78 is 29.7. The molecule has 4 saturated carbocycles. The highest BCUT2D eigenvalue weighted by Gasteiger charge is 2.70. The lowest BCUT2D eigenvalue weighted by Crippen LogP contribution is -2.66. The minimum absolute atomic E-state index is 0.0184. The van der Waals surface area contributed by atoms with Crippen molar-refractivity contribution in [2.24, 2.45) is 51.2 Å². The molecule has 0 bridgehead atoms. The van der Waals surface area contributed by atoms with Gasteiger partial charge in [0.1, 0.15) is 0 Å². The summed E-state index contributed by atoms with van der Waals surface area (Å²) in [5.74, 6) is 3.09. The number of allylic oxidation sites excluding steroid dienone is 1. The summed E-state index contributed by atoms with van der Waals surface area (Å²) in [5, 5.41) is 3.93. The third-order valence-corrected chi connectivity index (χ3v) is 14.0. The van der Waals surface area contributed by atoms with Crippen LogP contribution >= 0.6 is 0 Å². The molecule has 0 spiro atoms. The maximum atomic E-state index is 12.1. The second-order valence-electron chi connectivity index (χ2n) is 15.3. The fourth-order valence-corrected chi connectivity index (χ4v) is 12.1. The number of rotatable bonds is 4. The highest BCUT2D eigenvalue weighted by atomic mass is 32.2. The number of hydrogen-bond acceptors (Lipinski definition) is 4. The Labute approximate surface area is 221 Å². The van der Waals surface area contributed by atoms with Crippen molar-refractivity contribution < 1.29 is 12.6 Å². The Balaban J connectivity index is 1.54. The lowest BCUT2D eigenvalue weighted by molar-refractivity contribution is -0.225. The molecule has 0 radical (unpaired) electrons. The van der Waals surface area contributed by atoms with Crippen LogP contribution in [-0.2, 0) is 14.3 Å². The van der Waals surface area contributed by atoms with Crippen LogP contribution in [0.2, 0.25) is 0 Å². The molecule has 36 heavy (non-hydrogen) atoms. The van der Waals surface area contributed by atoms with Crippen LogP contribution in [-0.4, -0.2) is 33.4 Å². The summed E-state index contributed by atoms with van der Waals surface area (Å²) in [6.45, 7) is 21.1. The molecule has 0 amide bonds. The van der Waals surface area contributed by atoms with Crippen LogP contribution in [0.15, 0.2) is 12.2 Å². The maximum absolute atomic E-state index is 12.1. The summed E-state index contributed by atoms with van der Waals surface area (Å²) >= 11 is 0. The molecule has 1 aliphatic heterocycles. The molecule has 9 atom stereocenters. The molecule has 1 heterocycles. The van der Waals surface area contributed by atoms with E-state index in [1.807, 2.05) is 0 Å². The second-order valence-corrected chi connectivity index (χ2v) is 16.9. The molecule has 0 aromatic rings. The third kappa shape index (κ3) is 3.83. The van der Waals surface area contributed by atoms with Crippen LogP contribution in [0.25, 0.3) is 0 Å². The summed E-state index contributed by atoms with van der Waals surface area (Å²) in [4.78, 5) is 0. The minimum atomic E-state index is -3.45. The second kappa shape index (κ2) is 8.55. The van der Waals surface area contributed by atoms with Crippen molar-refractivity contribution in [1.82, 2.24) is 5.32 Å². The van der Waals surface area contributed by atoms with Crippen LogP contribution in [0.5, 0.6) is 0 Å². The van der Waals surface area contributed by atoms with Gasteiger partial charge in [-0.05, 0) is 143 Å². The van der Waals surface area contributed by atoms with E-state index in [4.69, 9.17) is 4.18 Å². The van der Waals surface area contributed by atoms with Gasteiger partial charge in [0.25, 0.3) is 10.1 Å². The molecule has 0 unspecified atom stereocenters. The minimum Gasteiger partial charge on any atom is -0.311 e. The molecule has 5 rings (SSSR count). The smallest absolute Gasteiger partial charge is 0.264 e. The highest BCUT2D eigenvalue weighted by Crippen LogP contribution is 2.76. The molecule has 5 heteroatoms. The standard InChI is InChI=1S/C31H53NO3S/c1-21(2)22-12-16-31(20-35-36(8,33)34)18-17-29(6)23(26(22)31)10-11-25-28(5)14-9-19-32-27(3,4)24(28)13-15-30(25,29)7/h22-26,32H,1,9-20H2,2-8H3/t22-,23+,24-,25+,26+,28-,29+,30+,31+/m0/s1. The predicted octanol–water partition coefficient (Wildman–Crippen LogP) is 6.96. The van der Waals surface area contributed by atoms with Gasteiger partial charge in [0.15, 0.2) is 0 Å². The Morgan fingerprint density at radius 2 is 1.64 bits per heavy atom. The highest BCUT2D eigenvalue weighted by molar-refractivity contribution is 7.85. The van der Waals surface area contributed by atoms with Crippen molar-refractivity contribution in [2.75, 3.05) is 19.4 Å². The van der Waals surface area contributed by atoms with E-state index in [1.54, 1.807) is 0 Å². The van der Waals surface area contributed by atoms with Gasteiger partial charge in [0.05, 0.1) is 12.9 Å². The third-order valence-electron chi connectivity index (χ3n) is 13.4. The lowest BCUT2D eigenvalue weighted by Gasteiger charge is -2.71. The lowest BCUT2D eigenvalue weighted by atomic mass is 9.33. The Kier molecular flexibility index (Phi) is 6.46. The quantitative estimate of drug-likeness (QED) is 0.322. The Morgan fingerprint density at radius 3 is 2.31 bits per heavy atom. The van der Waals surface area contributed by atoms with Crippen molar-refractivity contribution in [2.45, 2.75) is 111 Å².